The minimum absolute atomic E-state index is 0.00309. The standard InChI is InChI=1S/C25H33N3O6S/c1-5-15(6-2)12-16-13-18(16)26-22(30)20-21(35-17-10-8-7-9-11-17)23(28-34-20)33-14-19(29)27-25(3,4)24(31)32/h7-11,15-16,18H,5-6,12-14H2,1-4H3,(H,26,30)(H,27,29)(H,31,32). The number of nitrogens with one attached hydrogen (secondary N) is 2. The van der Waals surface area contributed by atoms with E-state index in [4.69, 9.17) is 9.26 Å². The van der Waals surface area contributed by atoms with Crippen LogP contribution in [0.15, 0.2) is 44.6 Å². The molecule has 9 nitrogen and oxygen atoms in total. The Bertz CT molecular complexity index is 1040. The van der Waals surface area contributed by atoms with Crippen LogP contribution in [0.4, 0.5) is 0 Å². The molecule has 1 aromatic carbocycles. The number of nitrogens with zero attached hydrogens (tertiary/aromatic N) is 1. The molecule has 190 valence electrons. The highest BCUT2D eigenvalue weighted by atomic mass is 32.2. The fourth-order valence-corrected chi connectivity index (χ4v) is 4.68. The molecule has 2 unspecified atom stereocenters. The highest BCUT2D eigenvalue weighted by molar-refractivity contribution is 7.99. The Balaban J connectivity index is 1.70. The van der Waals surface area contributed by atoms with Crippen LogP contribution >= 0.6 is 11.8 Å². The molecule has 0 aliphatic heterocycles. The molecule has 2 amide bonds. The molecular formula is C25H33N3O6S. The largest absolute Gasteiger partial charge is 0.480 e. The number of aliphatic carboxylic acids is 1. The van der Waals surface area contributed by atoms with E-state index in [9.17, 15) is 19.5 Å². The SMILES string of the molecule is CCC(CC)CC1CC1NC(=O)c1onc(OCC(=O)NC(C)(C)C(=O)O)c1Sc1ccccc1. The van der Waals surface area contributed by atoms with Crippen molar-refractivity contribution in [1.29, 1.82) is 0 Å². The molecular weight excluding hydrogens is 470 g/mol. The van der Waals surface area contributed by atoms with Crippen LogP contribution < -0.4 is 15.4 Å². The van der Waals surface area contributed by atoms with Crippen LogP contribution in [0.25, 0.3) is 0 Å². The lowest BCUT2D eigenvalue weighted by atomic mass is 9.96. The summed E-state index contributed by atoms with van der Waals surface area (Å²) in [5, 5.41) is 18.5. The van der Waals surface area contributed by atoms with Gasteiger partial charge in [0.25, 0.3) is 17.7 Å². The van der Waals surface area contributed by atoms with E-state index in [1.54, 1.807) is 0 Å². The van der Waals surface area contributed by atoms with Gasteiger partial charge in [-0.2, -0.15) is 0 Å². The molecule has 0 bridgehead atoms. The molecule has 3 rings (SSSR count). The quantitative estimate of drug-likeness (QED) is 0.372. The average molecular weight is 504 g/mol. The maximum absolute atomic E-state index is 13.0. The van der Waals surface area contributed by atoms with Crippen LogP contribution in [0.2, 0.25) is 0 Å². The third-order valence-corrected chi connectivity index (χ3v) is 7.22. The summed E-state index contributed by atoms with van der Waals surface area (Å²) in [6, 6.07) is 9.46. The predicted octanol–water partition coefficient (Wildman–Crippen LogP) is 4.13. The smallest absolute Gasteiger partial charge is 0.328 e. The normalized spacial score (nSPS) is 17.2. The van der Waals surface area contributed by atoms with Gasteiger partial charge >= 0.3 is 5.97 Å². The molecule has 0 spiro atoms. The zero-order chi connectivity index (χ0) is 25.6. The Labute approximate surface area is 209 Å². The van der Waals surface area contributed by atoms with E-state index in [0.717, 1.165) is 30.6 Å². The number of ether oxygens (including phenoxy) is 1. The van der Waals surface area contributed by atoms with Gasteiger partial charge in [0.1, 0.15) is 10.4 Å². The van der Waals surface area contributed by atoms with Crippen LogP contribution in [-0.4, -0.2) is 46.2 Å². The molecule has 1 aromatic heterocycles. The lowest BCUT2D eigenvalue weighted by molar-refractivity contribution is -0.146. The number of carbonyl (C=O) groups is 3. The van der Waals surface area contributed by atoms with Crippen molar-refractivity contribution in [3.63, 3.8) is 0 Å². The molecule has 0 saturated heterocycles. The van der Waals surface area contributed by atoms with E-state index in [1.165, 1.54) is 25.6 Å². The van der Waals surface area contributed by atoms with E-state index in [-0.39, 0.29) is 23.6 Å². The molecule has 0 radical (unpaired) electrons. The first-order chi connectivity index (χ1) is 16.6. The van der Waals surface area contributed by atoms with Crippen molar-refractivity contribution in [3.05, 3.63) is 36.1 Å². The Morgan fingerprint density at radius 3 is 2.54 bits per heavy atom. The third-order valence-electron chi connectivity index (χ3n) is 6.15. The van der Waals surface area contributed by atoms with Gasteiger partial charge in [0, 0.05) is 10.9 Å². The van der Waals surface area contributed by atoms with Crippen LogP contribution in [0.1, 0.15) is 63.9 Å². The molecule has 10 heteroatoms. The van der Waals surface area contributed by atoms with E-state index >= 15 is 0 Å². The summed E-state index contributed by atoms with van der Waals surface area (Å²) < 4.78 is 10.9. The number of benzene rings is 1. The summed E-state index contributed by atoms with van der Waals surface area (Å²) in [5.41, 5.74) is -1.45. The van der Waals surface area contributed by atoms with Gasteiger partial charge in [-0.25, -0.2) is 4.79 Å². The molecule has 1 heterocycles. The lowest BCUT2D eigenvalue weighted by Gasteiger charge is -2.20. The molecule has 1 aliphatic carbocycles. The number of amides is 2. The molecule has 1 saturated carbocycles. The summed E-state index contributed by atoms with van der Waals surface area (Å²) >= 11 is 1.24. The Kier molecular flexibility index (Phi) is 8.82. The lowest BCUT2D eigenvalue weighted by Crippen LogP contribution is -2.51. The number of hydrogen-bond donors (Lipinski definition) is 3. The summed E-state index contributed by atoms with van der Waals surface area (Å²) in [6.07, 6.45) is 4.30. The van der Waals surface area contributed by atoms with Gasteiger partial charge in [-0.1, -0.05) is 56.7 Å². The van der Waals surface area contributed by atoms with Crippen LogP contribution in [0, 0.1) is 11.8 Å². The van der Waals surface area contributed by atoms with Crippen molar-refractivity contribution < 1.29 is 28.8 Å². The van der Waals surface area contributed by atoms with Gasteiger partial charge in [0.2, 0.25) is 5.76 Å². The van der Waals surface area contributed by atoms with Gasteiger partial charge in [-0.05, 0) is 55.8 Å². The summed E-state index contributed by atoms with van der Waals surface area (Å²) in [7, 11) is 0. The first-order valence-electron chi connectivity index (χ1n) is 11.8. The van der Waals surface area contributed by atoms with Crippen LogP contribution in [-0.2, 0) is 9.59 Å². The molecule has 2 aromatic rings. The number of aromatic nitrogens is 1. The van der Waals surface area contributed by atoms with E-state index in [2.05, 4.69) is 29.6 Å². The highest BCUT2D eigenvalue weighted by Crippen LogP contribution is 2.40. The molecule has 2 atom stereocenters. The Hall–Kier alpha value is -3.01. The second-order valence-electron chi connectivity index (χ2n) is 9.32. The number of carboxylic acid groups (broad SMARTS) is 1. The summed E-state index contributed by atoms with van der Waals surface area (Å²) in [5.74, 6) is -1.04. The molecule has 35 heavy (non-hydrogen) atoms. The maximum atomic E-state index is 13.0. The first-order valence-corrected chi connectivity index (χ1v) is 12.7. The van der Waals surface area contributed by atoms with Crippen LogP contribution in [0.5, 0.6) is 5.88 Å². The molecule has 3 N–H and O–H groups in total. The second-order valence-corrected chi connectivity index (χ2v) is 10.4. The Morgan fingerprint density at radius 2 is 1.91 bits per heavy atom. The average Bonchev–Trinajstić information content (AvgIpc) is 3.42. The number of hydrogen-bond acceptors (Lipinski definition) is 7. The van der Waals surface area contributed by atoms with Crippen molar-refractivity contribution in [2.24, 2.45) is 11.8 Å². The molecule has 1 aliphatic rings. The summed E-state index contributed by atoms with van der Waals surface area (Å²) in [4.78, 5) is 37.7. The zero-order valence-electron chi connectivity index (χ0n) is 20.5. The van der Waals surface area contributed by atoms with E-state index in [1.807, 2.05) is 30.3 Å². The second kappa shape index (κ2) is 11.6. The van der Waals surface area contributed by atoms with Gasteiger partial charge in [-0.3, -0.25) is 9.59 Å². The highest BCUT2D eigenvalue weighted by Gasteiger charge is 2.40. The predicted molar refractivity (Wildman–Crippen MR) is 130 cm³/mol. The minimum atomic E-state index is -1.45. The monoisotopic (exact) mass is 503 g/mol. The van der Waals surface area contributed by atoms with E-state index in [0.29, 0.717) is 16.7 Å². The van der Waals surface area contributed by atoms with Gasteiger partial charge in [0.05, 0.1) is 0 Å². The minimum Gasteiger partial charge on any atom is -0.480 e. The number of rotatable bonds is 13. The summed E-state index contributed by atoms with van der Waals surface area (Å²) in [6.45, 7) is 6.65. The van der Waals surface area contributed by atoms with Crippen molar-refractivity contribution in [2.45, 2.75) is 74.7 Å². The molecule has 1 fully saturated rings. The van der Waals surface area contributed by atoms with Gasteiger partial charge < -0.3 is 25.0 Å². The van der Waals surface area contributed by atoms with Crippen molar-refractivity contribution in [1.82, 2.24) is 15.8 Å². The fourth-order valence-electron chi connectivity index (χ4n) is 3.74. The first kappa shape index (κ1) is 26.6. The van der Waals surface area contributed by atoms with Crippen LogP contribution in [0.3, 0.4) is 0 Å². The third kappa shape index (κ3) is 7.24. The number of carboxylic acids is 1. The van der Waals surface area contributed by atoms with Gasteiger partial charge in [-0.15, -0.1) is 0 Å². The van der Waals surface area contributed by atoms with Gasteiger partial charge in [0.15, 0.2) is 6.61 Å². The number of carbonyl (C=O) groups excluding carboxylic acids is 2. The van der Waals surface area contributed by atoms with Crippen molar-refractivity contribution in [3.8, 4) is 5.88 Å². The topological polar surface area (TPSA) is 131 Å². The maximum Gasteiger partial charge on any atom is 0.328 e. The van der Waals surface area contributed by atoms with Crippen molar-refractivity contribution in [2.75, 3.05) is 6.61 Å². The Morgan fingerprint density at radius 1 is 1.23 bits per heavy atom. The fraction of sp³-hybridized carbons (Fsp3) is 0.520. The van der Waals surface area contributed by atoms with Crippen molar-refractivity contribution >= 4 is 29.5 Å². The zero-order valence-corrected chi connectivity index (χ0v) is 21.3. The van der Waals surface area contributed by atoms with E-state index < -0.39 is 24.0 Å².